The van der Waals surface area contributed by atoms with Crippen molar-refractivity contribution in [1.29, 1.82) is 0 Å². The van der Waals surface area contributed by atoms with Gasteiger partial charge in [-0.05, 0) is 37.6 Å². The van der Waals surface area contributed by atoms with Gasteiger partial charge in [0.05, 0.1) is 5.52 Å². The van der Waals surface area contributed by atoms with Crippen LogP contribution in [0, 0.1) is 13.8 Å². The van der Waals surface area contributed by atoms with Crippen LogP contribution in [0.5, 0.6) is 0 Å². The summed E-state index contributed by atoms with van der Waals surface area (Å²) in [6.45, 7) is 4.06. The number of pyridine rings is 1. The van der Waals surface area contributed by atoms with E-state index in [2.05, 4.69) is 11.1 Å². The van der Waals surface area contributed by atoms with Gasteiger partial charge in [-0.1, -0.05) is 6.07 Å². The Hall–Kier alpha value is -1.57. The van der Waals surface area contributed by atoms with Crippen molar-refractivity contribution in [3.63, 3.8) is 0 Å². The molecule has 0 amide bonds. The summed E-state index contributed by atoms with van der Waals surface area (Å²) in [7, 11) is 0. The third-order valence-electron chi connectivity index (χ3n) is 2.34. The molecule has 2 rings (SSSR count). The van der Waals surface area contributed by atoms with Crippen molar-refractivity contribution in [2.24, 2.45) is 0 Å². The number of rotatable bonds is 0. The van der Waals surface area contributed by atoms with Crippen LogP contribution >= 0.6 is 0 Å². The zero-order valence-corrected chi connectivity index (χ0v) is 7.83. The molecule has 0 spiro atoms. The number of anilines is 1. The Balaban J connectivity index is 2.89. The molecule has 1 aromatic heterocycles. The van der Waals surface area contributed by atoms with Gasteiger partial charge in [0.15, 0.2) is 0 Å². The Bertz CT molecular complexity index is 461. The molecule has 0 saturated carbocycles. The Labute approximate surface area is 77.4 Å². The predicted octanol–water partition coefficient (Wildman–Crippen LogP) is 2.43. The number of aromatic nitrogens is 1. The lowest BCUT2D eigenvalue weighted by molar-refractivity contribution is 1.20. The average Bonchev–Trinajstić information content (AvgIpc) is 2.09. The fourth-order valence-corrected chi connectivity index (χ4v) is 1.41. The van der Waals surface area contributed by atoms with E-state index in [1.165, 1.54) is 5.56 Å². The van der Waals surface area contributed by atoms with Crippen LogP contribution in [0.4, 0.5) is 5.69 Å². The molecule has 0 fully saturated rings. The van der Waals surface area contributed by atoms with Crippen LogP contribution in [-0.4, -0.2) is 4.98 Å². The van der Waals surface area contributed by atoms with Gasteiger partial charge >= 0.3 is 0 Å². The van der Waals surface area contributed by atoms with E-state index >= 15 is 0 Å². The van der Waals surface area contributed by atoms with Crippen molar-refractivity contribution in [1.82, 2.24) is 4.98 Å². The van der Waals surface area contributed by atoms with Crippen LogP contribution < -0.4 is 5.73 Å². The molecular formula is C11H12N2. The minimum absolute atomic E-state index is 0.799. The zero-order chi connectivity index (χ0) is 9.42. The van der Waals surface area contributed by atoms with Gasteiger partial charge in [-0.2, -0.15) is 0 Å². The summed E-state index contributed by atoms with van der Waals surface area (Å²) in [6.07, 6.45) is 0. The summed E-state index contributed by atoms with van der Waals surface area (Å²) in [5.41, 5.74) is 9.86. The molecule has 0 aliphatic rings. The highest BCUT2D eigenvalue weighted by Crippen LogP contribution is 2.21. The summed E-state index contributed by atoms with van der Waals surface area (Å²) in [5.74, 6) is 0. The van der Waals surface area contributed by atoms with Crippen molar-refractivity contribution in [2.75, 3.05) is 5.73 Å². The lowest BCUT2D eigenvalue weighted by Crippen LogP contribution is -1.92. The number of benzene rings is 1. The minimum Gasteiger partial charge on any atom is -0.398 e. The topological polar surface area (TPSA) is 38.9 Å². The van der Waals surface area contributed by atoms with Gasteiger partial charge < -0.3 is 5.73 Å². The second-order valence-electron chi connectivity index (χ2n) is 3.30. The smallest absolute Gasteiger partial charge is 0.0726 e. The monoisotopic (exact) mass is 172 g/mol. The van der Waals surface area contributed by atoms with Gasteiger partial charge in [-0.3, -0.25) is 4.98 Å². The lowest BCUT2D eigenvalue weighted by atomic mass is 10.1. The second-order valence-corrected chi connectivity index (χ2v) is 3.30. The quantitative estimate of drug-likeness (QED) is 0.620. The number of aryl methyl sites for hydroxylation is 2. The van der Waals surface area contributed by atoms with E-state index in [0.29, 0.717) is 0 Å². The highest BCUT2D eigenvalue weighted by molar-refractivity contribution is 5.90. The van der Waals surface area contributed by atoms with Crippen LogP contribution in [0.1, 0.15) is 11.3 Å². The second kappa shape index (κ2) is 2.73. The molecule has 2 N–H and O–H groups in total. The number of nitrogens with zero attached hydrogens (tertiary/aromatic N) is 1. The molecule has 2 nitrogen and oxygen atoms in total. The molecule has 0 aliphatic heterocycles. The summed E-state index contributed by atoms with van der Waals surface area (Å²) < 4.78 is 0. The minimum atomic E-state index is 0.799. The number of fused-ring (bicyclic) bond motifs is 1. The zero-order valence-electron chi connectivity index (χ0n) is 7.83. The van der Waals surface area contributed by atoms with Gasteiger partial charge in [0.2, 0.25) is 0 Å². The fourth-order valence-electron chi connectivity index (χ4n) is 1.41. The molecule has 0 aliphatic carbocycles. The van der Waals surface area contributed by atoms with Crippen LogP contribution in [0.3, 0.4) is 0 Å². The van der Waals surface area contributed by atoms with Crippen molar-refractivity contribution in [3.8, 4) is 0 Å². The fraction of sp³-hybridized carbons (Fsp3) is 0.182. The number of nitrogens with two attached hydrogens (primary N) is 1. The Morgan fingerprint density at radius 3 is 2.77 bits per heavy atom. The predicted molar refractivity (Wildman–Crippen MR) is 55.6 cm³/mol. The van der Waals surface area contributed by atoms with E-state index < -0.39 is 0 Å². The van der Waals surface area contributed by atoms with Crippen LogP contribution in [0.15, 0.2) is 24.3 Å². The Morgan fingerprint density at radius 2 is 2.00 bits per heavy atom. The molecule has 13 heavy (non-hydrogen) atoms. The number of nitrogen functional groups attached to an aromatic ring is 1. The van der Waals surface area contributed by atoms with Crippen LogP contribution in [-0.2, 0) is 0 Å². The lowest BCUT2D eigenvalue weighted by Gasteiger charge is -2.04. The van der Waals surface area contributed by atoms with Crippen molar-refractivity contribution in [2.45, 2.75) is 13.8 Å². The van der Waals surface area contributed by atoms with Crippen molar-refractivity contribution in [3.05, 3.63) is 35.5 Å². The highest BCUT2D eigenvalue weighted by Gasteiger charge is 2.00. The van der Waals surface area contributed by atoms with E-state index in [4.69, 9.17) is 5.73 Å². The van der Waals surface area contributed by atoms with Crippen molar-refractivity contribution < 1.29 is 0 Å². The molecule has 2 aromatic rings. The molecule has 0 bridgehead atoms. The van der Waals surface area contributed by atoms with Crippen LogP contribution in [0.25, 0.3) is 10.9 Å². The van der Waals surface area contributed by atoms with Gasteiger partial charge in [0.1, 0.15) is 0 Å². The van der Waals surface area contributed by atoms with Crippen LogP contribution in [0.2, 0.25) is 0 Å². The molecular weight excluding hydrogens is 160 g/mol. The molecule has 1 aromatic carbocycles. The SMILES string of the molecule is Cc1cc2c(N)cccc2nc1C. The number of hydrogen-bond acceptors (Lipinski definition) is 2. The first kappa shape index (κ1) is 8.05. The standard InChI is InChI=1S/C11H12N2/c1-7-6-9-10(12)4-3-5-11(9)13-8(7)2/h3-6H,12H2,1-2H3. The van der Waals surface area contributed by atoms with E-state index in [1.807, 2.05) is 32.0 Å². The highest BCUT2D eigenvalue weighted by atomic mass is 14.7. The maximum Gasteiger partial charge on any atom is 0.0726 e. The first-order valence-electron chi connectivity index (χ1n) is 4.31. The first-order valence-corrected chi connectivity index (χ1v) is 4.31. The summed E-state index contributed by atoms with van der Waals surface area (Å²) in [6, 6.07) is 7.91. The molecule has 0 radical (unpaired) electrons. The largest absolute Gasteiger partial charge is 0.398 e. The van der Waals surface area contributed by atoms with Gasteiger partial charge in [0, 0.05) is 16.8 Å². The third-order valence-corrected chi connectivity index (χ3v) is 2.34. The maximum absolute atomic E-state index is 5.84. The molecule has 2 heteroatoms. The van der Waals surface area contributed by atoms with E-state index in [9.17, 15) is 0 Å². The average molecular weight is 172 g/mol. The third kappa shape index (κ3) is 1.24. The van der Waals surface area contributed by atoms with Gasteiger partial charge in [0.25, 0.3) is 0 Å². The number of hydrogen-bond donors (Lipinski definition) is 1. The molecule has 0 unspecified atom stereocenters. The van der Waals surface area contributed by atoms with E-state index in [0.717, 1.165) is 22.3 Å². The first-order chi connectivity index (χ1) is 6.18. The molecule has 1 heterocycles. The van der Waals surface area contributed by atoms with Gasteiger partial charge in [-0.25, -0.2) is 0 Å². The maximum atomic E-state index is 5.84. The summed E-state index contributed by atoms with van der Waals surface area (Å²) in [4.78, 5) is 4.46. The summed E-state index contributed by atoms with van der Waals surface area (Å²) >= 11 is 0. The van der Waals surface area contributed by atoms with Gasteiger partial charge in [-0.15, -0.1) is 0 Å². The van der Waals surface area contributed by atoms with E-state index in [1.54, 1.807) is 0 Å². The van der Waals surface area contributed by atoms with Crippen molar-refractivity contribution >= 4 is 16.6 Å². The summed E-state index contributed by atoms with van der Waals surface area (Å²) in [5, 5.41) is 1.05. The Kier molecular flexibility index (Phi) is 1.69. The molecule has 66 valence electrons. The molecule has 0 atom stereocenters. The molecule has 0 saturated heterocycles. The normalized spacial score (nSPS) is 10.6. The van der Waals surface area contributed by atoms with E-state index in [-0.39, 0.29) is 0 Å². The Morgan fingerprint density at radius 1 is 1.23 bits per heavy atom.